The Morgan fingerprint density at radius 2 is 1.78 bits per heavy atom. The van der Waals surface area contributed by atoms with Crippen LogP contribution in [0.4, 0.5) is 4.39 Å². The van der Waals surface area contributed by atoms with E-state index in [1.54, 1.807) is 12.1 Å². The van der Waals surface area contributed by atoms with Crippen LogP contribution < -0.4 is 10.1 Å². The second-order valence-electron chi connectivity index (χ2n) is 10.3. The molecule has 2 N–H and O–H groups in total. The molecule has 0 heterocycles. The number of aliphatic hydroxyl groups excluding tert-OH is 1. The first-order valence-electron chi connectivity index (χ1n) is 12.2. The van der Waals surface area contributed by atoms with Crippen LogP contribution in [0.2, 0.25) is 5.02 Å². The van der Waals surface area contributed by atoms with Gasteiger partial charge in [0.05, 0.1) is 17.7 Å². The summed E-state index contributed by atoms with van der Waals surface area (Å²) in [6.07, 6.45) is 6.74. The molecule has 0 aliphatic rings. The fourth-order valence-corrected chi connectivity index (χ4v) is 4.47. The summed E-state index contributed by atoms with van der Waals surface area (Å²) in [6.45, 7) is 16.5. The maximum absolute atomic E-state index is 15.6. The van der Waals surface area contributed by atoms with E-state index in [4.69, 9.17) is 16.3 Å². The molecule has 0 saturated heterocycles. The van der Waals surface area contributed by atoms with Crippen molar-refractivity contribution in [2.75, 3.05) is 6.61 Å². The Morgan fingerprint density at radius 3 is 2.28 bits per heavy atom. The molecule has 5 heteroatoms. The molecule has 2 atom stereocenters. The van der Waals surface area contributed by atoms with Crippen LogP contribution >= 0.6 is 11.6 Å². The summed E-state index contributed by atoms with van der Waals surface area (Å²) >= 11 is 6.25. The third-order valence-corrected chi connectivity index (χ3v) is 6.18. The van der Waals surface area contributed by atoms with Crippen LogP contribution in [0.25, 0.3) is 5.70 Å². The van der Waals surface area contributed by atoms with Gasteiger partial charge in [0.2, 0.25) is 0 Å². The molecule has 0 saturated carbocycles. The minimum absolute atomic E-state index is 0.0484. The van der Waals surface area contributed by atoms with Gasteiger partial charge in [-0.05, 0) is 62.7 Å². The summed E-state index contributed by atoms with van der Waals surface area (Å²) in [4.78, 5) is 0. The molecule has 0 aliphatic heterocycles. The van der Waals surface area contributed by atoms with Crippen molar-refractivity contribution < 1.29 is 14.2 Å². The highest BCUT2D eigenvalue weighted by atomic mass is 35.5. The number of hydrogen-bond acceptors (Lipinski definition) is 3. The molecule has 0 aliphatic carbocycles. The van der Waals surface area contributed by atoms with Crippen LogP contribution in [0, 0.1) is 17.2 Å². The maximum atomic E-state index is 15.6. The zero-order valence-electron chi connectivity index (χ0n) is 21.4. The van der Waals surface area contributed by atoms with E-state index in [2.05, 4.69) is 39.9 Å². The topological polar surface area (TPSA) is 41.5 Å². The van der Waals surface area contributed by atoms with E-state index in [9.17, 15) is 5.11 Å². The van der Waals surface area contributed by atoms with E-state index in [1.807, 2.05) is 20.8 Å². The predicted molar refractivity (Wildman–Crippen MR) is 136 cm³/mol. The van der Waals surface area contributed by atoms with Gasteiger partial charge < -0.3 is 15.2 Å². The third-order valence-electron chi connectivity index (χ3n) is 5.88. The number of benzene rings is 1. The standard InChI is InChI=1S/C27H45ClFNO2/c1-9-11-12-14-20(13-10-2)26(27(6,7)8)30-24(19(5)17-31)21-15-16-22(28)25(23(21)29)32-18(3)4/h15-16,18,20,26,30-31H,9-14,17H2,1-8H3/b24-19+. The lowest BCUT2D eigenvalue weighted by molar-refractivity contribution is 0.189. The minimum atomic E-state index is -0.493. The summed E-state index contributed by atoms with van der Waals surface area (Å²) in [7, 11) is 0. The Bertz CT molecular complexity index is 740. The second kappa shape index (κ2) is 13.4. The number of halogens is 2. The Morgan fingerprint density at radius 1 is 1.12 bits per heavy atom. The van der Waals surface area contributed by atoms with Crippen LogP contribution in [0.1, 0.15) is 99.5 Å². The van der Waals surface area contributed by atoms with Gasteiger partial charge in [-0.1, -0.05) is 71.9 Å². The number of aliphatic hydroxyl groups is 1. The van der Waals surface area contributed by atoms with Crippen molar-refractivity contribution >= 4 is 17.3 Å². The fraction of sp³-hybridized carbons (Fsp3) is 0.704. The maximum Gasteiger partial charge on any atom is 0.175 e. The van der Waals surface area contributed by atoms with Crippen molar-refractivity contribution in [3.63, 3.8) is 0 Å². The number of ether oxygens (including phenoxy) is 1. The molecule has 184 valence electrons. The van der Waals surface area contributed by atoms with E-state index in [-0.39, 0.29) is 34.9 Å². The first-order chi connectivity index (χ1) is 15.0. The number of rotatable bonds is 13. The molecule has 1 rings (SSSR count). The molecule has 1 aromatic rings. The number of unbranched alkanes of at least 4 members (excludes halogenated alkanes) is 2. The smallest absolute Gasteiger partial charge is 0.175 e. The molecule has 3 nitrogen and oxygen atoms in total. The summed E-state index contributed by atoms with van der Waals surface area (Å²) in [5.74, 6) is 0.0199. The van der Waals surface area contributed by atoms with Crippen molar-refractivity contribution in [1.82, 2.24) is 5.32 Å². The van der Waals surface area contributed by atoms with Gasteiger partial charge in [0.1, 0.15) is 0 Å². The minimum Gasteiger partial charge on any atom is -0.486 e. The molecule has 0 bridgehead atoms. The average molecular weight is 470 g/mol. The van der Waals surface area contributed by atoms with E-state index >= 15 is 4.39 Å². The molecule has 32 heavy (non-hydrogen) atoms. The Labute approximate surface area is 200 Å². The Balaban J connectivity index is 3.49. The monoisotopic (exact) mass is 469 g/mol. The largest absolute Gasteiger partial charge is 0.486 e. The van der Waals surface area contributed by atoms with E-state index in [0.29, 0.717) is 22.8 Å². The molecule has 0 spiro atoms. The molecule has 1 aromatic carbocycles. The van der Waals surface area contributed by atoms with Crippen LogP contribution in [-0.2, 0) is 0 Å². The van der Waals surface area contributed by atoms with Crippen molar-refractivity contribution in [2.24, 2.45) is 11.3 Å². The molecule has 2 unspecified atom stereocenters. The molecule has 0 amide bonds. The highest BCUT2D eigenvalue weighted by Crippen LogP contribution is 2.37. The molecule has 0 radical (unpaired) electrons. The number of nitrogens with one attached hydrogen (secondary N) is 1. The summed E-state index contributed by atoms with van der Waals surface area (Å²) < 4.78 is 21.3. The SMILES string of the molecule is CCCCCC(CCC)C(N/C(=C(\C)CO)c1ccc(Cl)c(OC(C)C)c1F)C(C)(C)C. The fourth-order valence-electron chi connectivity index (χ4n) is 4.28. The lowest BCUT2D eigenvalue weighted by Crippen LogP contribution is -2.45. The Kier molecular flexibility index (Phi) is 12.1. The van der Waals surface area contributed by atoms with Gasteiger partial charge >= 0.3 is 0 Å². The van der Waals surface area contributed by atoms with Crippen LogP contribution in [0.5, 0.6) is 5.75 Å². The lowest BCUT2D eigenvalue weighted by Gasteiger charge is -2.40. The highest BCUT2D eigenvalue weighted by Gasteiger charge is 2.33. The van der Waals surface area contributed by atoms with Crippen LogP contribution in [0.3, 0.4) is 0 Å². The van der Waals surface area contributed by atoms with Crippen molar-refractivity contribution in [1.29, 1.82) is 0 Å². The summed E-state index contributed by atoms with van der Waals surface area (Å²) in [5, 5.41) is 13.9. The first-order valence-corrected chi connectivity index (χ1v) is 12.6. The summed E-state index contributed by atoms with van der Waals surface area (Å²) in [5.41, 5.74) is 1.66. The second-order valence-corrected chi connectivity index (χ2v) is 10.7. The van der Waals surface area contributed by atoms with Gasteiger partial charge in [-0.3, -0.25) is 0 Å². The predicted octanol–water partition coefficient (Wildman–Crippen LogP) is 7.99. The van der Waals surface area contributed by atoms with Crippen molar-refractivity contribution in [2.45, 2.75) is 106 Å². The summed E-state index contributed by atoms with van der Waals surface area (Å²) in [6, 6.07) is 3.47. The van der Waals surface area contributed by atoms with E-state index in [1.165, 1.54) is 19.3 Å². The first kappa shape index (κ1) is 28.8. The third kappa shape index (κ3) is 8.26. The highest BCUT2D eigenvalue weighted by molar-refractivity contribution is 6.32. The van der Waals surface area contributed by atoms with Crippen LogP contribution in [-0.4, -0.2) is 23.9 Å². The van der Waals surface area contributed by atoms with Gasteiger partial charge in [-0.25, -0.2) is 4.39 Å². The lowest BCUT2D eigenvalue weighted by atomic mass is 9.75. The normalized spacial score (nSPS) is 14.9. The van der Waals surface area contributed by atoms with Crippen molar-refractivity contribution in [3.05, 3.63) is 34.1 Å². The van der Waals surface area contributed by atoms with Gasteiger partial charge in [-0.15, -0.1) is 0 Å². The van der Waals surface area contributed by atoms with Crippen LogP contribution in [0.15, 0.2) is 17.7 Å². The molecular formula is C27H45ClFNO2. The van der Waals surface area contributed by atoms with Gasteiger partial charge in [-0.2, -0.15) is 0 Å². The average Bonchev–Trinajstić information content (AvgIpc) is 2.71. The quantitative estimate of drug-likeness (QED) is 0.287. The van der Waals surface area contributed by atoms with Gasteiger partial charge in [0.25, 0.3) is 0 Å². The Hall–Kier alpha value is -1.26. The van der Waals surface area contributed by atoms with Gasteiger partial charge in [0.15, 0.2) is 11.6 Å². The van der Waals surface area contributed by atoms with E-state index < -0.39 is 5.82 Å². The molecular weight excluding hydrogens is 425 g/mol. The zero-order valence-corrected chi connectivity index (χ0v) is 22.2. The van der Waals surface area contributed by atoms with E-state index in [0.717, 1.165) is 19.3 Å². The molecule has 0 aromatic heterocycles. The van der Waals surface area contributed by atoms with Gasteiger partial charge in [0, 0.05) is 17.3 Å². The number of hydrogen-bond donors (Lipinski definition) is 2. The molecule has 0 fully saturated rings. The zero-order chi connectivity index (χ0) is 24.5. The van der Waals surface area contributed by atoms with Crippen molar-refractivity contribution in [3.8, 4) is 5.75 Å².